The van der Waals surface area contributed by atoms with Crippen LogP contribution in [0.4, 0.5) is 5.69 Å². The van der Waals surface area contributed by atoms with Gasteiger partial charge in [-0.2, -0.15) is 0 Å². The van der Waals surface area contributed by atoms with Crippen LogP contribution in [0.25, 0.3) is 0 Å². The van der Waals surface area contributed by atoms with Crippen LogP contribution in [-0.2, 0) is 11.2 Å². The van der Waals surface area contributed by atoms with Crippen molar-refractivity contribution in [1.82, 2.24) is 4.90 Å². The van der Waals surface area contributed by atoms with Crippen LogP contribution < -0.4 is 5.32 Å². The van der Waals surface area contributed by atoms with Crippen LogP contribution in [0, 0.1) is 5.92 Å². The Bertz CT molecular complexity index is 817. The molecule has 26 heavy (non-hydrogen) atoms. The highest BCUT2D eigenvalue weighted by Gasteiger charge is 2.32. The van der Waals surface area contributed by atoms with E-state index >= 15 is 0 Å². The molecule has 2 heterocycles. The number of anilines is 1. The molecule has 1 N–H and O–H groups in total. The number of carbonyl (C=O) groups excluding carboxylic acids is 1. The lowest BCUT2D eigenvalue weighted by Gasteiger charge is -2.33. The van der Waals surface area contributed by atoms with Crippen molar-refractivity contribution in [3.05, 3.63) is 63.1 Å². The van der Waals surface area contributed by atoms with Crippen LogP contribution in [0.2, 0.25) is 5.02 Å². The topological polar surface area (TPSA) is 32.3 Å². The second-order valence-corrected chi connectivity index (χ2v) is 8.60. The molecule has 1 fully saturated rings. The third-order valence-electron chi connectivity index (χ3n) is 5.57. The molecule has 1 atom stereocenters. The van der Waals surface area contributed by atoms with Crippen LogP contribution in [0.3, 0.4) is 0 Å². The summed E-state index contributed by atoms with van der Waals surface area (Å²) in [5, 5.41) is 3.80. The predicted molar refractivity (Wildman–Crippen MR) is 110 cm³/mol. The molecule has 3 nitrogen and oxygen atoms in total. The van der Waals surface area contributed by atoms with Gasteiger partial charge in [-0.25, -0.2) is 0 Å². The number of benzene rings is 2. The molecule has 2 aromatic carbocycles. The Balaban J connectivity index is 1.34. The lowest BCUT2D eigenvalue weighted by molar-refractivity contribution is -0.117. The Morgan fingerprint density at radius 1 is 1.15 bits per heavy atom. The predicted octanol–water partition coefficient (Wildman–Crippen LogP) is 5.09. The van der Waals surface area contributed by atoms with Gasteiger partial charge in [0.15, 0.2) is 0 Å². The van der Waals surface area contributed by atoms with Gasteiger partial charge in [-0.15, -0.1) is 0 Å². The quantitative estimate of drug-likeness (QED) is 0.728. The van der Waals surface area contributed by atoms with Crippen LogP contribution in [0.5, 0.6) is 0 Å². The minimum Gasteiger partial charge on any atom is -0.325 e. The second-order valence-electron chi connectivity index (χ2n) is 7.31. The molecule has 136 valence electrons. The first-order chi connectivity index (χ1) is 12.6. The maximum atomic E-state index is 12.3. The normalized spacial score (nSPS) is 20.8. The molecule has 4 rings (SSSR count). The lowest BCUT2D eigenvalue weighted by atomic mass is 9.89. The van der Waals surface area contributed by atoms with E-state index < -0.39 is 0 Å². The summed E-state index contributed by atoms with van der Waals surface area (Å²) in [4.78, 5) is 14.8. The number of halogens is 2. The summed E-state index contributed by atoms with van der Waals surface area (Å²) in [5.41, 5.74) is 3.41. The summed E-state index contributed by atoms with van der Waals surface area (Å²) < 4.78 is 1.14. The van der Waals surface area contributed by atoms with Crippen molar-refractivity contribution in [3.63, 3.8) is 0 Å². The number of likely N-dealkylation sites (tertiary alicyclic amines) is 1. The summed E-state index contributed by atoms with van der Waals surface area (Å²) in [6.45, 7) is 2.92. The van der Waals surface area contributed by atoms with E-state index in [1.165, 1.54) is 5.56 Å². The van der Waals surface area contributed by atoms with Gasteiger partial charge in [-0.1, -0.05) is 45.7 Å². The second kappa shape index (κ2) is 7.71. The van der Waals surface area contributed by atoms with E-state index in [9.17, 15) is 4.79 Å². The molecule has 1 unspecified atom stereocenters. The number of nitrogens with zero attached hydrogens (tertiary/aromatic N) is 1. The van der Waals surface area contributed by atoms with Crippen molar-refractivity contribution in [3.8, 4) is 0 Å². The average molecular weight is 434 g/mol. The fraction of sp³-hybridized carbons (Fsp3) is 0.381. The smallest absolute Gasteiger partial charge is 0.233 e. The first kappa shape index (κ1) is 18.0. The van der Waals surface area contributed by atoms with Gasteiger partial charge < -0.3 is 10.2 Å². The fourth-order valence-corrected chi connectivity index (χ4v) is 4.70. The first-order valence-corrected chi connectivity index (χ1v) is 10.3. The molecule has 0 saturated carbocycles. The van der Waals surface area contributed by atoms with Crippen molar-refractivity contribution in [2.24, 2.45) is 5.92 Å². The third kappa shape index (κ3) is 3.83. The number of rotatable bonds is 4. The first-order valence-electron chi connectivity index (χ1n) is 9.16. The number of carbonyl (C=O) groups is 1. The Hall–Kier alpha value is -1.36. The van der Waals surface area contributed by atoms with Crippen LogP contribution in [-0.4, -0.2) is 30.4 Å². The molecule has 0 aliphatic carbocycles. The highest BCUT2D eigenvalue weighted by Crippen LogP contribution is 2.34. The fourth-order valence-electron chi connectivity index (χ4n) is 4.10. The third-order valence-corrected chi connectivity index (χ3v) is 6.58. The van der Waals surface area contributed by atoms with Crippen LogP contribution in [0.1, 0.15) is 29.9 Å². The number of nitrogens with one attached hydrogen (secondary N) is 1. The Morgan fingerprint density at radius 2 is 1.92 bits per heavy atom. The average Bonchev–Trinajstić information content (AvgIpc) is 2.95. The van der Waals surface area contributed by atoms with Gasteiger partial charge in [-0.05, 0) is 73.7 Å². The summed E-state index contributed by atoms with van der Waals surface area (Å²) in [7, 11) is 0. The summed E-state index contributed by atoms with van der Waals surface area (Å²) in [6.07, 6.45) is 3.38. The van der Waals surface area contributed by atoms with Crippen LogP contribution >= 0.6 is 27.5 Å². The van der Waals surface area contributed by atoms with Gasteiger partial charge in [-0.3, -0.25) is 4.79 Å². The molecule has 1 amide bonds. The van der Waals surface area contributed by atoms with Gasteiger partial charge in [0.05, 0.1) is 5.92 Å². The van der Waals surface area contributed by atoms with Crippen molar-refractivity contribution < 1.29 is 4.79 Å². The number of hydrogen-bond acceptors (Lipinski definition) is 2. The number of para-hydroxylation sites is 1. The van der Waals surface area contributed by atoms with Gasteiger partial charge >= 0.3 is 0 Å². The number of amides is 1. The SMILES string of the molecule is O=C1Nc2ccccc2C1CN1CCC(Cc2cc(Cl)ccc2Br)CC1. The zero-order valence-electron chi connectivity index (χ0n) is 14.6. The Morgan fingerprint density at radius 3 is 2.73 bits per heavy atom. The standard InChI is InChI=1S/C21H22BrClN2O/c22-19-6-5-16(23)12-15(19)11-14-7-9-25(10-8-14)13-18-17-3-1-2-4-20(17)24-21(18)26/h1-6,12,14,18H,7-11,13H2,(H,24,26). The molecule has 0 radical (unpaired) electrons. The van der Waals surface area contributed by atoms with E-state index in [0.29, 0.717) is 5.92 Å². The summed E-state index contributed by atoms with van der Waals surface area (Å²) >= 11 is 9.78. The number of hydrogen-bond donors (Lipinski definition) is 1. The van der Waals surface area contributed by atoms with Crippen molar-refractivity contribution in [2.75, 3.05) is 25.0 Å². The van der Waals surface area contributed by atoms with Crippen molar-refractivity contribution in [1.29, 1.82) is 0 Å². The van der Waals surface area contributed by atoms with Crippen molar-refractivity contribution in [2.45, 2.75) is 25.2 Å². The van der Waals surface area contributed by atoms with E-state index in [4.69, 9.17) is 11.6 Å². The number of piperidine rings is 1. The van der Waals surface area contributed by atoms with E-state index in [-0.39, 0.29) is 11.8 Å². The molecule has 2 aliphatic rings. The van der Waals surface area contributed by atoms with E-state index in [1.807, 2.05) is 30.3 Å². The van der Waals surface area contributed by atoms with Gasteiger partial charge in [0.25, 0.3) is 0 Å². The minimum atomic E-state index is -0.0372. The maximum absolute atomic E-state index is 12.3. The molecular formula is C21H22BrClN2O. The summed E-state index contributed by atoms with van der Waals surface area (Å²) in [6, 6.07) is 14.1. The molecule has 2 aliphatic heterocycles. The Kier molecular flexibility index (Phi) is 5.35. The van der Waals surface area contributed by atoms with Gasteiger partial charge in [0, 0.05) is 21.7 Å². The number of fused-ring (bicyclic) bond motifs is 1. The van der Waals surface area contributed by atoms with Gasteiger partial charge in [0.1, 0.15) is 0 Å². The molecule has 0 aromatic heterocycles. The molecule has 0 bridgehead atoms. The van der Waals surface area contributed by atoms with E-state index in [0.717, 1.165) is 59.6 Å². The van der Waals surface area contributed by atoms with Crippen LogP contribution in [0.15, 0.2) is 46.9 Å². The highest BCUT2D eigenvalue weighted by molar-refractivity contribution is 9.10. The van der Waals surface area contributed by atoms with Crippen molar-refractivity contribution >= 4 is 39.1 Å². The molecule has 0 spiro atoms. The summed E-state index contributed by atoms with van der Waals surface area (Å²) in [5.74, 6) is 0.770. The van der Waals surface area contributed by atoms with E-state index in [2.05, 4.69) is 38.3 Å². The highest BCUT2D eigenvalue weighted by atomic mass is 79.9. The molecular weight excluding hydrogens is 412 g/mol. The van der Waals surface area contributed by atoms with E-state index in [1.54, 1.807) is 0 Å². The molecule has 1 saturated heterocycles. The monoisotopic (exact) mass is 432 g/mol. The lowest BCUT2D eigenvalue weighted by Crippen LogP contribution is -2.38. The zero-order chi connectivity index (χ0) is 18.1. The Labute approximate surface area is 167 Å². The largest absolute Gasteiger partial charge is 0.325 e. The van der Waals surface area contributed by atoms with Gasteiger partial charge in [0.2, 0.25) is 5.91 Å². The maximum Gasteiger partial charge on any atom is 0.233 e. The zero-order valence-corrected chi connectivity index (χ0v) is 16.9. The molecule has 5 heteroatoms. The molecule has 2 aromatic rings. The minimum absolute atomic E-state index is 0.0372.